The molecule has 1 amide bonds. The Balaban J connectivity index is 1.58. The largest absolute Gasteiger partial charge is 0.469 e. The van der Waals surface area contributed by atoms with Crippen LogP contribution < -0.4 is 10.6 Å². The number of hydrogen-bond donors (Lipinski definition) is 2. The molecule has 1 aliphatic carbocycles. The molecule has 2 fully saturated rings. The fourth-order valence-corrected chi connectivity index (χ4v) is 5.19. The second kappa shape index (κ2) is 9.66. The van der Waals surface area contributed by atoms with Crippen LogP contribution in [0.3, 0.4) is 0 Å². The molecule has 1 aliphatic heterocycles. The third-order valence-electron chi connectivity index (χ3n) is 5.27. The Morgan fingerprint density at radius 1 is 1.24 bits per heavy atom. The molecule has 1 heterocycles. The number of esters is 1. The number of benzene rings is 1. The van der Waals surface area contributed by atoms with Crippen LogP contribution in [0.5, 0.6) is 0 Å². The monoisotopic (exact) mass is 425 g/mol. The number of carbonyl (C=O) groups excluding carboxylic acids is 2. The van der Waals surface area contributed by atoms with Crippen molar-refractivity contribution >= 4 is 27.6 Å². The van der Waals surface area contributed by atoms with Crippen molar-refractivity contribution < 1.29 is 27.5 Å². The lowest BCUT2D eigenvalue weighted by molar-refractivity contribution is -0.146. The lowest BCUT2D eigenvalue weighted by Crippen LogP contribution is -2.41. The molecular weight excluding hydrogens is 398 g/mol. The van der Waals surface area contributed by atoms with Crippen molar-refractivity contribution in [1.82, 2.24) is 9.62 Å². The normalized spacial score (nSPS) is 22.9. The van der Waals surface area contributed by atoms with Gasteiger partial charge in [-0.25, -0.2) is 8.42 Å². The van der Waals surface area contributed by atoms with E-state index in [-0.39, 0.29) is 35.3 Å². The van der Waals surface area contributed by atoms with Crippen LogP contribution in [0.25, 0.3) is 0 Å². The van der Waals surface area contributed by atoms with Gasteiger partial charge in [0.15, 0.2) is 0 Å². The number of amides is 1. The van der Waals surface area contributed by atoms with Crippen LogP contribution in [-0.4, -0.2) is 70.6 Å². The van der Waals surface area contributed by atoms with Crippen molar-refractivity contribution in [2.45, 2.75) is 30.2 Å². The second-order valence-electron chi connectivity index (χ2n) is 7.14. The third kappa shape index (κ3) is 5.33. The molecule has 0 spiro atoms. The summed E-state index contributed by atoms with van der Waals surface area (Å²) in [7, 11) is -2.27. The van der Waals surface area contributed by atoms with E-state index in [1.165, 1.54) is 23.5 Å². The molecule has 9 nitrogen and oxygen atoms in total. The van der Waals surface area contributed by atoms with Crippen LogP contribution in [0, 0.1) is 5.92 Å². The summed E-state index contributed by atoms with van der Waals surface area (Å²) in [6, 6.07) is 6.11. The lowest BCUT2D eigenvalue weighted by Gasteiger charge is -2.26. The Hall–Kier alpha value is -2.01. The number of carbonyl (C=O) groups is 2. The summed E-state index contributed by atoms with van der Waals surface area (Å²) in [5, 5.41) is 5.82. The first kappa shape index (κ1) is 21.7. The molecule has 2 N–H and O–H groups in total. The summed E-state index contributed by atoms with van der Waals surface area (Å²) in [6.45, 7) is 1.39. The number of nitrogens with one attached hydrogen (secondary N) is 2. The van der Waals surface area contributed by atoms with E-state index in [0.717, 1.165) is 19.3 Å². The van der Waals surface area contributed by atoms with Crippen LogP contribution in [-0.2, 0) is 29.1 Å². The standard InChI is InChI=1S/C19H27N3O6S/c1-27-19(24)16-6-3-7-17(16)20-13-18(23)21-14-4-2-5-15(12-14)29(25,26)22-8-10-28-11-9-22/h2,4-5,12,16-17,20H,3,6-11,13H2,1H3,(H,21,23)/t16-,17-/m0/s1. The molecule has 0 radical (unpaired) electrons. The van der Waals surface area contributed by atoms with Gasteiger partial charge in [0, 0.05) is 24.8 Å². The van der Waals surface area contributed by atoms with E-state index in [2.05, 4.69) is 10.6 Å². The number of sulfonamides is 1. The minimum Gasteiger partial charge on any atom is -0.469 e. The first-order valence-corrected chi connectivity index (χ1v) is 11.1. The summed E-state index contributed by atoms with van der Waals surface area (Å²) in [6.07, 6.45) is 2.45. The highest BCUT2D eigenvalue weighted by Crippen LogP contribution is 2.26. The fourth-order valence-electron chi connectivity index (χ4n) is 3.74. The summed E-state index contributed by atoms with van der Waals surface area (Å²) < 4.78 is 36.9. The third-order valence-corrected chi connectivity index (χ3v) is 7.16. The average molecular weight is 426 g/mol. The number of nitrogens with zero attached hydrogens (tertiary/aromatic N) is 1. The van der Waals surface area contributed by atoms with E-state index in [1.807, 2.05) is 0 Å². The van der Waals surface area contributed by atoms with Gasteiger partial charge in [-0.1, -0.05) is 12.5 Å². The molecule has 0 bridgehead atoms. The zero-order valence-corrected chi connectivity index (χ0v) is 17.2. The quantitative estimate of drug-likeness (QED) is 0.614. The van der Waals surface area contributed by atoms with Gasteiger partial charge in [0.2, 0.25) is 15.9 Å². The number of hydrogen-bond acceptors (Lipinski definition) is 7. The van der Waals surface area contributed by atoms with E-state index < -0.39 is 10.0 Å². The van der Waals surface area contributed by atoms with E-state index >= 15 is 0 Å². The van der Waals surface area contributed by atoms with Crippen molar-refractivity contribution in [2.24, 2.45) is 5.92 Å². The zero-order chi connectivity index (χ0) is 20.9. The van der Waals surface area contributed by atoms with E-state index in [9.17, 15) is 18.0 Å². The number of methoxy groups -OCH3 is 1. The van der Waals surface area contributed by atoms with E-state index in [0.29, 0.717) is 32.0 Å². The maximum absolute atomic E-state index is 12.8. The molecule has 29 heavy (non-hydrogen) atoms. The fraction of sp³-hybridized carbons (Fsp3) is 0.579. The van der Waals surface area contributed by atoms with Gasteiger partial charge in [-0.3, -0.25) is 9.59 Å². The lowest BCUT2D eigenvalue weighted by atomic mass is 10.0. The molecule has 10 heteroatoms. The molecule has 1 aromatic rings. The van der Waals surface area contributed by atoms with Crippen LogP contribution in [0.1, 0.15) is 19.3 Å². The summed E-state index contributed by atoms with van der Waals surface area (Å²) in [4.78, 5) is 24.2. The molecule has 1 aromatic carbocycles. The van der Waals surface area contributed by atoms with E-state index in [4.69, 9.17) is 9.47 Å². The molecule has 160 valence electrons. The van der Waals surface area contributed by atoms with Crippen molar-refractivity contribution in [3.8, 4) is 0 Å². The van der Waals surface area contributed by atoms with Crippen LogP contribution in [0.4, 0.5) is 5.69 Å². The minimum atomic E-state index is -3.63. The van der Waals surface area contributed by atoms with Crippen molar-refractivity contribution in [1.29, 1.82) is 0 Å². The van der Waals surface area contributed by atoms with Gasteiger partial charge in [-0.15, -0.1) is 0 Å². The van der Waals surface area contributed by atoms with Crippen molar-refractivity contribution in [2.75, 3.05) is 45.3 Å². The Labute approximate surface area is 170 Å². The molecule has 1 saturated carbocycles. The summed E-state index contributed by atoms with van der Waals surface area (Å²) in [5.41, 5.74) is 0.405. The number of rotatable bonds is 7. The highest BCUT2D eigenvalue weighted by Gasteiger charge is 2.33. The minimum absolute atomic E-state index is 0.0264. The zero-order valence-electron chi connectivity index (χ0n) is 16.4. The Bertz CT molecular complexity index is 838. The SMILES string of the molecule is COC(=O)[C@H]1CCC[C@@H]1NCC(=O)Nc1cccc(S(=O)(=O)N2CCOCC2)c1. The number of ether oxygens (including phenoxy) is 2. The van der Waals surface area contributed by atoms with Crippen LogP contribution in [0.2, 0.25) is 0 Å². The van der Waals surface area contributed by atoms with Crippen LogP contribution >= 0.6 is 0 Å². The van der Waals surface area contributed by atoms with Gasteiger partial charge in [-0.2, -0.15) is 4.31 Å². The Morgan fingerprint density at radius 3 is 2.72 bits per heavy atom. The number of anilines is 1. The average Bonchev–Trinajstić information content (AvgIpc) is 3.21. The first-order valence-electron chi connectivity index (χ1n) is 9.71. The molecule has 3 rings (SSSR count). The summed E-state index contributed by atoms with van der Waals surface area (Å²) in [5.74, 6) is -0.808. The molecule has 1 saturated heterocycles. The Morgan fingerprint density at radius 2 is 2.00 bits per heavy atom. The van der Waals surface area contributed by atoms with Gasteiger partial charge in [0.05, 0.1) is 37.7 Å². The maximum atomic E-state index is 12.8. The second-order valence-corrected chi connectivity index (χ2v) is 9.08. The first-order chi connectivity index (χ1) is 13.9. The predicted octanol–water partition coefficient (Wildman–Crippen LogP) is 0.577. The van der Waals surface area contributed by atoms with Gasteiger partial charge in [-0.05, 0) is 31.0 Å². The Kier molecular flexibility index (Phi) is 7.23. The maximum Gasteiger partial charge on any atom is 0.310 e. The van der Waals surface area contributed by atoms with Gasteiger partial charge in [0.1, 0.15) is 0 Å². The van der Waals surface area contributed by atoms with Gasteiger partial charge < -0.3 is 20.1 Å². The highest BCUT2D eigenvalue weighted by atomic mass is 32.2. The molecule has 0 unspecified atom stereocenters. The molecular formula is C19H27N3O6S. The van der Waals surface area contributed by atoms with Gasteiger partial charge >= 0.3 is 5.97 Å². The van der Waals surface area contributed by atoms with Crippen molar-refractivity contribution in [3.63, 3.8) is 0 Å². The van der Waals surface area contributed by atoms with Gasteiger partial charge in [0.25, 0.3) is 0 Å². The van der Waals surface area contributed by atoms with Crippen molar-refractivity contribution in [3.05, 3.63) is 24.3 Å². The smallest absolute Gasteiger partial charge is 0.310 e. The summed E-state index contributed by atoms with van der Waals surface area (Å²) >= 11 is 0. The molecule has 2 aliphatic rings. The van der Waals surface area contributed by atoms with Crippen LogP contribution in [0.15, 0.2) is 29.2 Å². The predicted molar refractivity (Wildman–Crippen MR) is 106 cm³/mol. The molecule has 0 aromatic heterocycles. The highest BCUT2D eigenvalue weighted by molar-refractivity contribution is 7.89. The number of morpholine rings is 1. The van der Waals surface area contributed by atoms with E-state index in [1.54, 1.807) is 12.1 Å². The molecule has 2 atom stereocenters. The topological polar surface area (TPSA) is 114 Å².